The van der Waals surface area contributed by atoms with Gasteiger partial charge in [-0.15, -0.1) is 0 Å². The number of nitriles is 1. The molecule has 1 unspecified atom stereocenters. The smallest absolute Gasteiger partial charge is 0.330 e. The number of urea groups is 1. The number of halogens is 1. The monoisotopic (exact) mass is 362 g/mol. The van der Waals surface area contributed by atoms with Gasteiger partial charge in [-0.25, -0.2) is 9.18 Å². The predicted molar refractivity (Wildman–Crippen MR) is 99.3 cm³/mol. The zero-order chi connectivity index (χ0) is 19.0. The van der Waals surface area contributed by atoms with Crippen molar-refractivity contribution < 1.29 is 13.9 Å². The maximum absolute atomic E-state index is 13.8. The molecule has 0 saturated carbocycles. The Morgan fingerprint density at radius 2 is 2.04 bits per heavy atom. The molecule has 27 heavy (non-hydrogen) atoms. The number of aromatic nitrogens is 1. The van der Waals surface area contributed by atoms with E-state index in [1.807, 2.05) is 24.3 Å². The van der Waals surface area contributed by atoms with Gasteiger partial charge in [-0.3, -0.25) is 14.8 Å². The molecule has 3 aromatic rings. The molecule has 2 aromatic carbocycles. The van der Waals surface area contributed by atoms with Crippen LogP contribution in [0.4, 0.5) is 20.6 Å². The molecule has 1 aliphatic heterocycles. The second kappa shape index (κ2) is 6.57. The fraction of sp³-hybridized carbons (Fsp3) is 0.150. The summed E-state index contributed by atoms with van der Waals surface area (Å²) in [4.78, 5) is 20.2. The molecule has 4 rings (SSSR count). The molecule has 0 radical (unpaired) electrons. The summed E-state index contributed by atoms with van der Waals surface area (Å²) in [6.07, 6.45) is 3.27. The van der Waals surface area contributed by atoms with Crippen molar-refractivity contribution in [3.8, 4) is 11.8 Å². The van der Waals surface area contributed by atoms with E-state index in [1.54, 1.807) is 12.4 Å². The average molecular weight is 362 g/mol. The fourth-order valence-electron chi connectivity index (χ4n) is 3.33. The first-order valence-electron chi connectivity index (χ1n) is 8.30. The molecule has 1 fully saturated rings. The zero-order valence-electron chi connectivity index (χ0n) is 14.5. The molecular formula is C20H15FN4O2. The molecule has 2 heterocycles. The van der Waals surface area contributed by atoms with Crippen molar-refractivity contribution >= 4 is 28.2 Å². The standard InChI is InChI=1S/C20H15FN4O2/c1-27-19-7-6-14(21)8-17(19)24-12-15(9-22)25(20(24)26)18-11-23-10-13-4-2-3-5-16(13)18/h2-8,10-11,15H,12H2,1H3. The van der Waals surface area contributed by atoms with E-state index in [1.165, 1.54) is 35.1 Å². The minimum absolute atomic E-state index is 0.0956. The highest BCUT2D eigenvalue weighted by molar-refractivity contribution is 6.12. The highest BCUT2D eigenvalue weighted by atomic mass is 19.1. The first-order valence-corrected chi connectivity index (χ1v) is 8.30. The first kappa shape index (κ1) is 16.8. The summed E-state index contributed by atoms with van der Waals surface area (Å²) >= 11 is 0. The lowest BCUT2D eigenvalue weighted by molar-refractivity contribution is 0.255. The van der Waals surface area contributed by atoms with Gasteiger partial charge in [-0.1, -0.05) is 24.3 Å². The van der Waals surface area contributed by atoms with Gasteiger partial charge in [0.2, 0.25) is 0 Å². The van der Waals surface area contributed by atoms with Gasteiger partial charge < -0.3 is 4.74 Å². The van der Waals surface area contributed by atoms with Crippen LogP contribution in [0.3, 0.4) is 0 Å². The number of methoxy groups -OCH3 is 1. The number of anilines is 2. The lowest BCUT2D eigenvalue weighted by Gasteiger charge is -2.21. The Balaban J connectivity index is 1.83. The van der Waals surface area contributed by atoms with Crippen LogP contribution in [0.5, 0.6) is 5.75 Å². The topological polar surface area (TPSA) is 69.5 Å². The van der Waals surface area contributed by atoms with E-state index in [0.29, 0.717) is 17.1 Å². The molecule has 0 N–H and O–H groups in total. The van der Waals surface area contributed by atoms with Crippen molar-refractivity contribution in [2.75, 3.05) is 23.5 Å². The summed E-state index contributed by atoms with van der Waals surface area (Å²) in [5, 5.41) is 11.3. The summed E-state index contributed by atoms with van der Waals surface area (Å²) in [6.45, 7) is 0.0956. The Kier molecular flexibility index (Phi) is 4.09. The molecule has 0 aliphatic carbocycles. The van der Waals surface area contributed by atoms with Gasteiger partial charge in [0.15, 0.2) is 0 Å². The van der Waals surface area contributed by atoms with Gasteiger partial charge in [-0.2, -0.15) is 5.26 Å². The quantitative estimate of drug-likeness (QED) is 0.712. The SMILES string of the molecule is COc1ccc(F)cc1N1CC(C#N)N(c2cncc3ccccc23)C1=O. The summed E-state index contributed by atoms with van der Waals surface area (Å²) in [6, 6.07) is 12.5. The number of hydrogen-bond donors (Lipinski definition) is 0. The summed E-state index contributed by atoms with van der Waals surface area (Å²) in [7, 11) is 1.45. The van der Waals surface area contributed by atoms with Gasteiger partial charge in [-0.05, 0) is 12.1 Å². The third-order valence-electron chi connectivity index (χ3n) is 4.59. The fourth-order valence-corrected chi connectivity index (χ4v) is 3.33. The van der Waals surface area contributed by atoms with E-state index in [4.69, 9.17) is 4.74 Å². The highest BCUT2D eigenvalue weighted by Crippen LogP contribution is 2.36. The molecule has 1 saturated heterocycles. The Bertz CT molecular complexity index is 1070. The zero-order valence-corrected chi connectivity index (χ0v) is 14.5. The van der Waals surface area contributed by atoms with Crippen molar-refractivity contribution in [1.82, 2.24) is 4.98 Å². The number of amides is 2. The van der Waals surface area contributed by atoms with Gasteiger partial charge in [0, 0.05) is 23.0 Å². The van der Waals surface area contributed by atoms with E-state index in [-0.39, 0.29) is 6.54 Å². The maximum Gasteiger partial charge on any atom is 0.330 e. The van der Waals surface area contributed by atoms with Crippen LogP contribution < -0.4 is 14.5 Å². The Morgan fingerprint density at radius 3 is 2.81 bits per heavy atom. The average Bonchev–Trinajstić information content (AvgIpc) is 3.03. The molecule has 1 atom stereocenters. The number of benzene rings is 2. The number of carbonyl (C=O) groups excluding carboxylic acids is 1. The summed E-state index contributed by atoms with van der Waals surface area (Å²) in [5.41, 5.74) is 0.834. The number of fused-ring (bicyclic) bond motifs is 1. The van der Waals surface area contributed by atoms with Crippen LogP contribution in [0, 0.1) is 17.1 Å². The third-order valence-corrected chi connectivity index (χ3v) is 4.59. The van der Waals surface area contributed by atoms with Crippen LogP contribution in [-0.4, -0.2) is 30.7 Å². The number of pyridine rings is 1. The largest absolute Gasteiger partial charge is 0.495 e. The Morgan fingerprint density at radius 1 is 1.22 bits per heavy atom. The number of ether oxygens (including phenoxy) is 1. The number of carbonyl (C=O) groups is 1. The molecule has 6 nitrogen and oxygen atoms in total. The van der Waals surface area contributed by atoms with Crippen LogP contribution in [-0.2, 0) is 0 Å². The van der Waals surface area contributed by atoms with E-state index in [9.17, 15) is 14.4 Å². The number of nitrogens with zero attached hydrogens (tertiary/aromatic N) is 4. The molecule has 0 bridgehead atoms. The van der Waals surface area contributed by atoms with Crippen LogP contribution >= 0.6 is 0 Å². The third kappa shape index (κ3) is 2.72. The van der Waals surface area contributed by atoms with Crippen molar-refractivity contribution in [3.05, 3.63) is 60.7 Å². The first-order chi connectivity index (χ1) is 13.1. The predicted octanol–water partition coefficient (Wildman–Crippen LogP) is 3.72. The molecule has 2 amide bonds. The van der Waals surface area contributed by atoms with Crippen molar-refractivity contribution in [3.63, 3.8) is 0 Å². The Hall–Kier alpha value is -3.66. The van der Waals surface area contributed by atoms with Gasteiger partial charge in [0.1, 0.15) is 17.6 Å². The van der Waals surface area contributed by atoms with Gasteiger partial charge in [0.25, 0.3) is 0 Å². The molecule has 1 aliphatic rings. The molecular weight excluding hydrogens is 347 g/mol. The number of hydrogen-bond acceptors (Lipinski definition) is 4. The van der Waals surface area contributed by atoms with Crippen LogP contribution in [0.1, 0.15) is 0 Å². The van der Waals surface area contributed by atoms with E-state index in [0.717, 1.165) is 10.8 Å². The maximum atomic E-state index is 13.8. The molecule has 134 valence electrons. The Labute approximate surface area is 155 Å². The minimum atomic E-state index is -0.738. The minimum Gasteiger partial charge on any atom is -0.495 e. The summed E-state index contributed by atoms with van der Waals surface area (Å²) < 4.78 is 19.1. The second-order valence-electron chi connectivity index (χ2n) is 6.10. The van der Waals surface area contributed by atoms with E-state index >= 15 is 0 Å². The van der Waals surface area contributed by atoms with E-state index < -0.39 is 17.9 Å². The molecule has 1 aromatic heterocycles. The second-order valence-corrected chi connectivity index (χ2v) is 6.10. The molecule has 0 spiro atoms. The van der Waals surface area contributed by atoms with Crippen LogP contribution in [0.2, 0.25) is 0 Å². The number of rotatable bonds is 3. The lowest BCUT2D eigenvalue weighted by Crippen LogP contribution is -2.34. The van der Waals surface area contributed by atoms with Crippen molar-refractivity contribution in [2.45, 2.75) is 6.04 Å². The van der Waals surface area contributed by atoms with E-state index in [2.05, 4.69) is 11.1 Å². The van der Waals surface area contributed by atoms with Crippen molar-refractivity contribution in [2.24, 2.45) is 0 Å². The normalized spacial score (nSPS) is 16.6. The lowest BCUT2D eigenvalue weighted by atomic mass is 10.1. The van der Waals surface area contributed by atoms with Gasteiger partial charge >= 0.3 is 6.03 Å². The van der Waals surface area contributed by atoms with Crippen LogP contribution in [0.15, 0.2) is 54.9 Å². The van der Waals surface area contributed by atoms with Gasteiger partial charge in [0.05, 0.1) is 37.3 Å². The van der Waals surface area contributed by atoms with Crippen molar-refractivity contribution in [1.29, 1.82) is 5.26 Å². The summed E-state index contributed by atoms with van der Waals surface area (Å²) in [5.74, 6) is -0.128. The highest BCUT2D eigenvalue weighted by Gasteiger charge is 2.41. The molecule has 7 heteroatoms. The van der Waals surface area contributed by atoms with Crippen LogP contribution in [0.25, 0.3) is 10.8 Å².